The van der Waals surface area contributed by atoms with Crippen LogP contribution in [0.2, 0.25) is 0 Å². The fourth-order valence-corrected chi connectivity index (χ4v) is 3.20. The molecule has 0 spiro atoms. The first kappa shape index (κ1) is 14.4. The van der Waals surface area contributed by atoms with Crippen molar-refractivity contribution in [3.63, 3.8) is 0 Å². The van der Waals surface area contributed by atoms with Crippen molar-refractivity contribution in [2.75, 3.05) is 26.3 Å². The molecule has 0 bridgehead atoms. The third-order valence-electron chi connectivity index (χ3n) is 3.34. The van der Waals surface area contributed by atoms with Crippen molar-refractivity contribution in [3.8, 4) is 0 Å². The van der Waals surface area contributed by atoms with Gasteiger partial charge in [-0.2, -0.15) is 12.7 Å². The molecule has 0 atom stereocenters. The van der Waals surface area contributed by atoms with Crippen molar-refractivity contribution in [3.05, 3.63) is 0 Å². The molecular weight excluding hydrogens is 274 g/mol. The highest BCUT2D eigenvalue weighted by molar-refractivity contribution is 7.84. The molecule has 2 aliphatic rings. The maximum absolute atomic E-state index is 11.9. The number of Topliss-reactive ketones (excluding diaryl/α,β-unsaturated/α-hetero) is 1. The molecule has 8 heteroatoms. The molecule has 2 fully saturated rings. The Morgan fingerprint density at radius 3 is 2.37 bits per heavy atom. The van der Waals surface area contributed by atoms with E-state index in [1.807, 2.05) is 0 Å². The molecular formula is C11H17NO6S. The Morgan fingerprint density at radius 1 is 1.21 bits per heavy atom. The van der Waals surface area contributed by atoms with E-state index in [9.17, 15) is 18.0 Å². The van der Waals surface area contributed by atoms with Crippen molar-refractivity contribution in [1.82, 2.24) is 4.31 Å². The average Bonchev–Trinajstić information content (AvgIpc) is 2.40. The third kappa shape index (κ3) is 3.74. The Bertz CT molecular complexity index is 444. The van der Waals surface area contributed by atoms with Crippen LogP contribution in [0.25, 0.3) is 0 Å². The van der Waals surface area contributed by atoms with Gasteiger partial charge in [-0.1, -0.05) is 0 Å². The van der Waals surface area contributed by atoms with Gasteiger partial charge in [0, 0.05) is 39.1 Å². The summed E-state index contributed by atoms with van der Waals surface area (Å²) in [5.74, 6) is -1.11. The van der Waals surface area contributed by atoms with Gasteiger partial charge in [-0.3, -0.25) is 9.59 Å². The van der Waals surface area contributed by atoms with Crippen LogP contribution in [0.15, 0.2) is 0 Å². The zero-order valence-corrected chi connectivity index (χ0v) is 11.4. The number of carbonyl (C=O) groups excluding carboxylic acids is 2. The predicted molar refractivity (Wildman–Crippen MR) is 64.4 cm³/mol. The van der Waals surface area contributed by atoms with Crippen LogP contribution in [0, 0.1) is 5.92 Å². The molecule has 2 heterocycles. The normalized spacial score (nSPS) is 23.3. The molecule has 2 aliphatic heterocycles. The predicted octanol–water partition coefficient (Wildman–Crippen LogP) is -0.134. The summed E-state index contributed by atoms with van der Waals surface area (Å²) in [7, 11) is -4.06. The van der Waals surface area contributed by atoms with Crippen molar-refractivity contribution >= 4 is 22.1 Å². The van der Waals surface area contributed by atoms with Crippen molar-refractivity contribution in [1.29, 1.82) is 0 Å². The molecule has 7 nitrogen and oxygen atoms in total. The number of nitrogens with zero attached hydrogens (tertiary/aromatic N) is 1. The van der Waals surface area contributed by atoms with Gasteiger partial charge in [-0.15, -0.1) is 0 Å². The van der Waals surface area contributed by atoms with Gasteiger partial charge in [-0.05, 0) is 12.8 Å². The van der Waals surface area contributed by atoms with E-state index in [1.54, 1.807) is 0 Å². The molecule has 0 unspecified atom stereocenters. The molecule has 0 aromatic heterocycles. The summed E-state index contributed by atoms with van der Waals surface area (Å²) in [5.41, 5.74) is 0. The smallest absolute Gasteiger partial charge is 0.381 e. The standard InChI is InChI=1S/C11H17NO6S/c13-10-1-5-12(6-2-10)19(15,16)18-11(14)9-3-7-17-8-4-9/h9H,1-8H2. The van der Waals surface area contributed by atoms with Crippen LogP contribution in [0.1, 0.15) is 25.7 Å². The first-order valence-corrected chi connectivity index (χ1v) is 7.68. The van der Waals surface area contributed by atoms with Crippen molar-refractivity contribution < 1.29 is 26.9 Å². The molecule has 19 heavy (non-hydrogen) atoms. The van der Waals surface area contributed by atoms with Crippen LogP contribution in [0.3, 0.4) is 0 Å². The van der Waals surface area contributed by atoms with Gasteiger partial charge < -0.3 is 8.92 Å². The van der Waals surface area contributed by atoms with Gasteiger partial charge in [0.05, 0.1) is 5.92 Å². The first-order valence-electron chi connectivity index (χ1n) is 6.32. The van der Waals surface area contributed by atoms with Gasteiger partial charge in [0.15, 0.2) is 0 Å². The second kappa shape index (κ2) is 5.98. The number of carbonyl (C=O) groups is 2. The molecule has 0 amide bonds. The summed E-state index contributed by atoms with van der Waals surface area (Å²) in [4.78, 5) is 22.8. The summed E-state index contributed by atoms with van der Waals surface area (Å²) in [6.45, 7) is 1.06. The number of ketones is 1. The minimum absolute atomic E-state index is 0.0298. The van der Waals surface area contributed by atoms with E-state index in [1.165, 1.54) is 0 Å². The average molecular weight is 291 g/mol. The monoisotopic (exact) mass is 291 g/mol. The minimum atomic E-state index is -4.06. The quantitative estimate of drug-likeness (QED) is 0.719. The van der Waals surface area contributed by atoms with E-state index < -0.39 is 22.2 Å². The summed E-state index contributed by atoms with van der Waals surface area (Å²) < 4.78 is 34.6. The Balaban J connectivity index is 1.92. The van der Waals surface area contributed by atoms with Gasteiger partial charge in [0.2, 0.25) is 0 Å². The van der Waals surface area contributed by atoms with E-state index in [-0.39, 0.29) is 31.7 Å². The number of hydrogen-bond donors (Lipinski definition) is 0. The second-order valence-electron chi connectivity index (χ2n) is 4.68. The lowest BCUT2D eigenvalue weighted by Gasteiger charge is -2.26. The zero-order valence-electron chi connectivity index (χ0n) is 10.5. The third-order valence-corrected chi connectivity index (χ3v) is 4.71. The lowest BCUT2D eigenvalue weighted by molar-refractivity contribution is -0.141. The van der Waals surface area contributed by atoms with E-state index in [4.69, 9.17) is 4.74 Å². The Labute approximate surface area is 112 Å². The molecule has 0 aliphatic carbocycles. The molecule has 0 saturated carbocycles. The Hall–Kier alpha value is -0.990. The van der Waals surface area contributed by atoms with Crippen LogP contribution >= 0.6 is 0 Å². The fraction of sp³-hybridized carbons (Fsp3) is 0.818. The fourth-order valence-electron chi connectivity index (χ4n) is 2.12. The lowest BCUT2D eigenvalue weighted by atomic mass is 10.0. The summed E-state index contributed by atoms with van der Waals surface area (Å²) in [6.07, 6.45) is 1.31. The summed E-state index contributed by atoms with van der Waals surface area (Å²) in [6, 6.07) is 0. The number of rotatable bonds is 3. The van der Waals surface area contributed by atoms with E-state index in [0.717, 1.165) is 4.31 Å². The van der Waals surface area contributed by atoms with Gasteiger partial charge in [0.25, 0.3) is 0 Å². The van der Waals surface area contributed by atoms with E-state index in [0.29, 0.717) is 26.1 Å². The summed E-state index contributed by atoms with van der Waals surface area (Å²) >= 11 is 0. The molecule has 0 aromatic rings. The van der Waals surface area contributed by atoms with E-state index in [2.05, 4.69) is 4.18 Å². The maximum Gasteiger partial charge on any atom is 0.387 e. The van der Waals surface area contributed by atoms with Crippen molar-refractivity contribution in [2.24, 2.45) is 5.92 Å². The van der Waals surface area contributed by atoms with Crippen LogP contribution in [-0.2, 0) is 28.8 Å². The van der Waals surface area contributed by atoms with Crippen LogP contribution in [0.4, 0.5) is 0 Å². The van der Waals surface area contributed by atoms with Crippen LogP contribution in [-0.4, -0.2) is 50.8 Å². The minimum Gasteiger partial charge on any atom is -0.381 e. The molecule has 2 saturated heterocycles. The molecule has 0 radical (unpaired) electrons. The van der Waals surface area contributed by atoms with Crippen LogP contribution in [0.5, 0.6) is 0 Å². The maximum atomic E-state index is 11.9. The Morgan fingerprint density at radius 2 is 1.79 bits per heavy atom. The highest BCUT2D eigenvalue weighted by Crippen LogP contribution is 2.19. The highest BCUT2D eigenvalue weighted by Gasteiger charge is 2.33. The summed E-state index contributed by atoms with van der Waals surface area (Å²) in [5, 5.41) is 0. The van der Waals surface area contributed by atoms with Gasteiger partial charge >= 0.3 is 16.3 Å². The van der Waals surface area contributed by atoms with Gasteiger partial charge in [0.1, 0.15) is 5.78 Å². The molecule has 108 valence electrons. The molecule has 2 rings (SSSR count). The number of ether oxygens (including phenoxy) is 1. The lowest BCUT2D eigenvalue weighted by Crippen LogP contribution is -2.41. The van der Waals surface area contributed by atoms with Crippen LogP contribution < -0.4 is 0 Å². The molecule has 0 N–H and O–H groups in total. The van der Waals surface area contributed by atoms with Gasteiger partial charge in [-0.25, -0.2) is 0 Å². The van der Waals surface area contributed by atoms with Crippen molar-refractivity contribution in [2.45, 2.75) is 25.7 Å². The SMILES string of the molecule is O=C1CCN(S(=O)(=O)OC(=O)C2CCOCC2)CC1. The zero-order chi connectivity index (χ0) is 13.9. The molecule has 0 aromatic carbocycles. The Kier molecular flexibility index (Phi) is 4.54. The second-order valence-corrected chi connectivity index (χ2v) is 6.22. The topological polar surface area (TPSA) is 90.0 Å². The van der Waals surface area contributed by atoms with E-state index >= 15 is 0 Å². The number of hydrogen-bond acceptors (Lipinski definition) is 6. The highest BCUT2D eigenvalue weighted by atomic mass is 32.2. The number of piperidine rings is 1. The largest absolute Gasteiger partial charge is 0.387 e. The first-order chi connectivity index (χ1) is 8.99.